The number of rotatable bonds is 6. The number of hydrogen-bond donors (Lipinski definition) is 1. The molecule has 0 unspecified atom stereocenters. The van der Waals surface area contributed by atoms with Gasteiger partial charge in [-0.3, -0.25) is 9.69 Å². The van der Waals surface area contributed by atoms with Crippen LogP contribution in [0.3, 0.4) is 0 Å². The van der Waals surface area contributed by atoms with Crippen molar-refractivity contribution in [1.82, 2.24) is 14.5 Å². The van der Waals surface area contributed by atoms with Crippen LogP contribution in [0.1, 0.15) is 23.1 Å². The summed E-state index contributed by atoms with van der Waals surface area (Å²) in [7, 11) is -3.58. The Balaban J connectivity index is 1.22. The van der Waals surface area contributed by atoms with Gasteiger partial charge in [0.25, 0.3) is 0 Å². The summed E-state index contributed by atoms with van der Waals surface area (Å²) in [6.45, 7) is 5.40. The minimum Gasteiger partial charge on any atom is -0.339 e. The third kappa shape index (κ3) is 4.52. The van der Waals surface area contributed by atoms with Gasteiger partial charge in [-0.25, -0.2) is 13.1 Å². The fourth-order valence-electron chi connectivity index (χ4n) is 4.04. The second kappa shape index (κ2) is 8.26. The molecule has 2 aromatic carbocycles. The van der Waals surface area contributed by atoms with Crippen molar-refractivity contribution in [1.29, 1.82) is 0 Å². The maximum atomic E-state index is 12.4. The molecule has 6 nitrogen and oxygen atoms in total. The monoisotopic (exact) mass is 413 g/mol. The van der Waals surface area contributed by atoms with Gasteiger partial charge >= 0.3 is 0 Å². The largest absolute Gasteiger partial charge is 0.339 e. The zero-order valence-electron chi connectivity index (χ0n) is 16.7. The van der Waals surface area contributed by atoms with E-state index in [1.165, 1.54) is 11.1 Å². The summed E-state index contributed by atoms with van der Waals surface area (Å²) in [5.74, 6) is 0.00519. The predicted molar refractivity (Wildman–Crippen MR) is 112 cm³/mol. The van der Waals surface area contributed by atoms with Crippen LogP contribution >= 0.6 is 0 Å². The molecule has 2 aromatic rings. The van der Waals surface area contributed by atoms with E-state index in [-0.39, 0.29) is 23.8 Å². The normalized spacial score (nSPS) is 17.6. The van der Waals surface area contributed by atoms with Crippen LogP contribution in [0.5, 0.6) is 0 Å². The fourth-order valence-corrected chi connectivity index (χ4v) is 5.17. The Morgan fingerprint density at radius 3 is 2.62 bits per heavy atom. The van der Waals surface area contributed by atoms with Crippen LogP contribution in [0.25, 0.3) is 0 Å². The Morgan fingerprint density at radius 2 is 1.86 bits per heavy atom. The molecule has 0 aliphatic carbocycles. The minimum atomic E-state index is -3.58. The van der Waals surface area contributed by atoms with Gasteiger partial charge in [0, 0.05) is 45.2 Å². The van der Waals surface area contributed by atoms with Crippen LogP contribution in [0, 0.1) is 6.92 Å². The molecule has 0 saturated carbocycles. The SMILES string of the molecule is Cc1cccc(S(=O)(=O)NCCC(=O)N2CC(N3CCc4ccccc4C3)C2)c1. The second-order valence-electron chi connectivity index (χ2n) is 7.91. The maximum Gasteiger partial charge on any atom is 0.240 e. The van der Waals surface area contributed by atoms with E-state index >= 15 is 0 Å². The molecule has 1 saturated heterocycles. The lowest BCUT2D eigenvalue weighted by Gasteiger charge is -2.47. The molecule has 0 spiro atoms. The summed E-state index contributed by atoms with van der Waals surface area (Å²) in [5, 5.41) is 0. The summed E-state index contributed by atoms with van der Waals surface area (Å²) >= 11 is 0. The van der Waals surface area contributed by atoms with Crippen LogP contribution in [-0.4, -0.2) is 56.3 Å². The molecule has 1 fully saturated rings. The summed E-state index contributed by atoms with van der Waals surface area (Å²) in [5.41, 5.74) is 3.70. The zero-order valence-corrected chi connectivity index (χ0v) is 17.5. The molecule has 2 heterocycles. The highest BCUT2D eigenvalue weighted by Gasteiger charge is 2.35. The molecule has 0 atom stereocenters. The van der Waals surface area contributed by atoms with Crippen molar-refractivity contribution >= 4 is 15.9 Å². The number of sulfonamides is 1. The maximum absolute atomic E-state index is 12.4. The molecule has 0 aromatic heterocycles. The number of nitrogens with zero attached hydrogens (tertiary/aromatic N) is 2. The van der Waals surface area contributed by atoms with E-state index in [4.69, 9.17) is 0 Å². The van der Waals surface area contributed by atoms with Gasteiger partial charge in [0.05, 0.1) is 4.90 Å². The standard InChI is InChI=1S/C22H27N3O3S/c1-17-5-4-8-21(13-17)29(27,28)23-11-9-22(26)25-15-20(16-25)24-12-10-18-6-2-3-7-19(18)14-24/h2-8,13,20,23H,9-12,14-16H2,1H3. The first-order valence-electron chi connectivity index (χ1n) is 10.1. The number of fused-ring (bicyclic) bond motifs is 1. The number of hydrogen-bond acceptors (Lipinski definition) is 4. The number of carbonyl (C=O) groups is 1. The van der Waals surface area contributed by atoms with E-state index in [9.17, 15) is 13.2 Å². The predicted octanol–water partition coefficient (Wildman–Crippen LogP) is 1.93. The Morgan fingerprint density at radius 1 is 1.10 bits per heavy atom. The molecule has 0 radical (unpaired) electrons. The number of nitrogens with one attached hydrogen (secondary N) is 1. The molecule has 4 rings (SSSR count). The van der Waals surface area contributed by atoms with Crippen molar-refractivity contribution in [3.63, 3.8) is 0 Å². The first-order valence-corrected chi connectivity index (χ1v) is 11.6. The van der Waals surface area contributed by atoms with Crippen molar-refractivity contribution in [3.8, 4) is 0 Å². The van der Waals surface area contributed by atoms with Crippen LogP contribution in [0.2, 0.25) is 0 Å². The van der Waals surface area contributed by atoms with Crippen LogP contribution in [0.15, 0.2) is 53.4 Å². The summed E-state index contributed by atoms with van der Waals surface area (Å²) in [4.78, 5) is 16.9. The number of likely N-dealkylation sites (tertiary alicyclic amines) is 1. The third-order valence-electron chi connectivity index (χ3n) is 5.82. The summed E-state index contributed by atoms with van der Waals surface area (Å²) in [6.07, 6.45) is 1.24. The Bertz CT molecular complexity index is 1000. The van der Waals surface area contributed by atoms with Gasteiger partial charge < -0.3 is 4.90 Å². The van der Waals surface area contributed by atoms with Crippen molar-refractivity contribution in [2.24, 2.45) is 0 Å². The first-order chi connectivity index (χ1) is 13.9. The molecule has 1 N–H and O–H groups in total. The van der Waals surface area contributed by atoms with E-state index in [0.717, 1.165) is 38.2 Å². The van der Waals surface area contributed by atoms with Crippen LogP contribution in [0.4, 0.5) is 0 Å². The average molecular weight is 414 g/mol. The quantitative estimate of drug-likeness (QED) is 0.786. The van der Waals surface area contributed by atoms with Gasteiger partial charge in [-0.1, -0.05) is 36.4 Å². The highest BCUT2D eigenvalue weighted by Crippen LogP contribution is 2.24. The molecule has 0 bridgehead atoms. The average Bonchev–Trinajstić information content (AvgIpc) is 2.66. The topological polar surface area (TPSA) is 69.7 Å². The van der Waals surface area contributed by atoms with Crippen molar-refractivity contribution in [2.45, 2.75) is 37.2 Å². The Labute approximate surface area is 172 Å². The van der Waals surface area contributed by atoms with Crippen molar-refractivity contribution in [3.05, 3.63) is 65.2 Å². The zero-order chi connectivity index (χ0) is 20.4. The molecular weight excluding hydrogens is 386 g/mol. The fraction of sp³-hybridized carbons (Fsp3) is 0.409. The lowest BCUT2D eigenvalue weighted by atomic mass is 9.96. The number of aryl methyl sites for hydroxylation is 1. The van der Waals surface area contributed by atoms with Gasteiger partial charge in [-0.2, -0.15) is 0 Å². The smallest absolute Gasteiger partial charge is 0.240 e. The van der Waals surface area contributed by atoms with Crippen molar-refractivity contribution < 1.29 is 13.2 Å². The number of carbonyl (C=O) groups excluding carboxylic acids is 1. The van der Waals surface area contributed by atoms with Crippen LogP contribution < -0.4 is 4.72 Å². The Kier molecular flexibility index (Phi) is 5.72. The molecule has 1 amide bonds. The van der Waals surface area contributed by atoms with Gasteiger partial charge in [0.2, 0.25) is 15.9 Å². The number of amides is 1. The van der Waals surface area contributed by atoms with E-state index in [0.29, 0.717) is 6.04 Å². The van der Waals surface area contributed by atoms with E-state index in [2.05, 4.69) is 33.9 Å². The van der Waals surface area contributed by atoms with Gasteiger partial charge in [0.1, 0.15) is 0 Å². The van der Waals surface area contributed by atoms with Gasteiger partial charge in [-0.05, 0) is 42.2 Å². The van der Waals surface area contributed by atoms with E-state index in [1.54, 1.807) is 18.2 Å². The molecule has 7 heteroatoms. The lowest BCUT2D eigenvalue weighted by Crippen LogP contribution is -2.61. The summed E-state index contributed by atoms with van der Waals surface area (Å²) < 4.78 is 27.2. The molecule has 2 aliphatic heterocycles. The first kappa shape index (κ1) is 20.1. The van der Waals surface area contributed by atoms with Gasteiger partial charge in [-0.15, -0.1) is 0 Å². The molecular formula is C22H27N3O3S. The highest BCUT2D eigenvalue weighted by molar-refractivity contribution is 7.89. The van der Waals surface area contributed by atoms with Gasteiger partial charge in [0.15, 0.2) is 0 Å². The van der Waals surface area contributed by atoms with E-state index < -0.39 is 10.0 Å². The molecule has 2 aliphatic rings. The molecule has 29 heavy (non-hydrogen) atoms. The highest BCUT2D eigenvalue weighted by atomic mass is 32.2. The number of benzene rings is 2. The third-order valence-corrected chi connectivity index (χ3v) is 7.28. The van der Waals surface area contributed by atoms with Crippen molar-refractivity contribution in [2.75, 3.05) is 26.2 Å². The summed E-state index contributed by atoms with van der Waals surface area (Å²) in [6, 6.07) is 15.7. The Hall–Kier alpha value is -2.22. The van der Waals surface area contributed by atoms with Crippen LogP contribution in [-0.2, 0) is 27.8 Å². The van der Waals surface area contributed by atoms with E-state index in [1.807, 2.05) is 17.9 Å². The molecule has 154 valence electrons. The lowest BCUT2D eigenvalue weighted by molar-refractivity contribution is -0.138. The minimum absolute atomic E-state index is 0.00519. The second-order valence-corrected chi connectivity index (χ2v) is 9.67.